The van der Waals surface area contributed by atoms with Crippen LogP contribution in [0.25, 0.3) is 0 Å². The first kappa shape index (κ1) is 16.7. The number of ether oxygens (including phenoxy) is 1. The maximum atomic E-state index is 14.0. The van der Waals surface area contributed by atoms with E-state index in [1.807, 2.05) is 7.05 Å². The second kappa shape index (κ2) is 7.05. The van der Waals surface area contributed by atoms with Gasteiger partial charge in [0.2, 0.25) is 0 Å². The van der Waals surface area contributed by atoms with E-state index in [1.165, 1.54) is 12.0 Å². The number of nitrogens with zero attached hydrogens (tertiary/aromatic N) is 2. The third-order valence-electron chi connectivity index (χ3n) is 4.22. The number of benzene rings is 1. The van der Waals surface area contributed by atoms with Gasteiger partial charge in [0.25, 0.3) is 5.91 Å². The van der Waals surface area contributed by atoms with Gasteiger partial charge < -0.3 is 14.5 Å². The predicted octanol–water partition coefficient (Wildman–Crippen LogP) is 2.53. The van der Waals surface area contributed by atoms with Gasteiger partial charge in [-0.3, -0.25) is 4.79 Å². The van der Waals surface area contributed by atoms with Crippen LogP contribution in [0.3, 0.4) is 0 Å². The lowest BCUT2D eigenvalue weighted by Gasteiger charge is -2.35. The number of carbonyl (C=O) groups is 1. The number of hydrogen-bond donors (Lipinski definition) is 0. The Morgan fingerprint density at radius 2 is 2.00 bits per heavy atom. The molecule has 1 aliphatic heterocycles. The van der Waals surface area contributed by atoms with Crippen molar-refractivity contribution < 1.29 is 18.3 Å². The van der Waals surface area contributed by atoms with Gasteiger partial charge in [-0.2, -0.15) is 0 Å². The van der Waals surface area contributed by atoms with E-state index in [2.05, 4.69) is 4.90 Å². The number of carbonyl (C=O) groups excluding carboxylic acids is 1. The molecule has 0 aliphatic carbocycles. The molecule has 22 heavy (non-hydrogen) atoms. The first-order valence-corrected chi connectivity index (χ1v) is 7.42. The zero-order chi connectivity index (χ0) is 16.3. The van der Waals surface area contributed by atoms with Crippen molar-refractivity contribution in [2.24, 2.45) is 0 Å². The monoisotopic (exact) mass is 312 g/mol. The van der Waals surface area contributed by atoms with Crippen molar-refractivity contribution in [3.8, 4) is 5.75 Å². The number of hydrogen-bond acceptors (Lipinski definition) is 3. The van der Waals surface area contributed by atoms with Crippen molar-refractivity contribution in [2.75, 3.05) is 34.3 Å². The van der Waals surface area contributed by atoms with Gasteiger partial charge in [0.05, 0.1) is 7.11 Å². The van der Waals surface area contributed by atoms with Crippen molar-refractivity contribution in [3.05, 3.63) is 29.3 Å². The van der Waals surface area contributed by atoms with Crippen LogP contribution in [0.4, 0.5) is 8.78 Å². The van der Waals surface area contributed by atoms with Gasteiger partial charge in [-0.1, -0.05) is 6.42 Å². The molecule has 1 heterocycles. The Morgan fingerprint density at radius 3 is 2.55 bits per heavy atom. The summed E-state index contributed by atoms with van der Waals surface area (Å²) in [5.41, 5.74) is -0.526. The molecular formula is C16H22F2N2O2. The molecule has 1 aliphatic rings. The smallest absolute Gasteiger partial charge is 0.259 e. The fourth-order valence-electron chi connectivity index (χ4n) is 2.84. The Kier molecular flexibility index (Phi) is 5.34. The topological polar surface area (TPSA) is 32.8 Å². The van der Waals surface area contributed by atoms with Gasteiger partial charge in [-0.15, -0.1) is 0 Å². The summed E-state index contributed by atoms with van der Waals surface area (Å²) in [5.74, 6) is -2.38. The summed E-state index contributed by atoms with van der Waals surface area (Å²) in [6.45, 7) is 1.44. The molecular weight excluding hydrogens is 290 g/mol. The highest BCUT2D eigenvalue weighted by Crippen LogP contribution is 2.22. The molecule has 0 N–H and O–H groups in total. The summed E-state index contributed by atoms with van der Waals surface area (Å²) in [5, 5.41) is 0. The average Bonchev–Trinajstić information content (AvgIpc) is 2.48. The van der Waals surface area contributed by atoms with Crippen LogP contribution in [0, 0.1) is 11.6 Å². The zero-order valence-corrected chi connectivity index (χ0v) is 13.2. The maximum Gasteiger partial charge on any atom is 0.259 e. The van der Waals surface area contributed by atoms with Crippen molar-refractivity contribution >= 4 is 5.91 Å². The molecule has 0 aromatic heterocycles. The Hall–Kier alpha value is -1.69. The number of likely N-dealkylation sites (N-methyl/N-ethyl adjacent to an activating group) is 2. The fourth-order valence-corrected chi connectivity index (χ4v) is 2.84. The number of halogens is 2. The molecule has 1 aromatic rings. The summed E-state index contributed by atoms with van der Waals surface area (Å²) in [6, 6.07) is 2.28. The van der Waals surface area contributed by atoms with Crippen LogP contribution in [-0.2, 0) is 0 Å². The quantitative estimate of drug-likeness (QED) is 0.856. The van der Waals surface area contributed by atoms with E-state index < -0.39 is 23.1 Å². The molecule has 1 aromatic carbocycles. The molecule has 0 saturated carbocycles. The molecule has 1 atom stereocenters. The number of rotatable bonds is 4. The Morgan fingerprint density at radius 1 is 1.36 bits per heavy atom. The molecule has 122 valence electrons. The van der Waals surface area contributed by atoms with E-state index in [4.69, 9.17) is 4.74 Å². The average molecular weight is 312 g/mol. The fraction of sp³-hybridized carbons (Fsp3) is 0.562. The Bertz CT molecular complexity index is 528. The van der Waals surface area contributed by atoms with Gasteiger partial charge in [0.1, 0.15) is 22.9 Å². The lowest BCUT2D eigenvalue weighted by molar-refractivity contribution is 0.0707. The van der Waals surface area contributed by atoms with Crippen LogP contribution < -0.4 is 4.74 Å². The molecule has 0 bridgehead atoms. The predicted molar refractivity (Wildman–Crippen MR) is 80.1 cm³/mol. The van der Waals surface area contributed by atoms with Gasteiger partial charge >= 0.3 is 0 Å². The van der Waals surface area contributed by atoms with Crippen molar-refractivity contribution in [1.29, 1.82) is 0 Å². The van der Waals surface area contributed by atoms with Gasteiger partial charge in [-0.25, -0.2) is 8.78 Å². The third-order valence-corrected chi connectivity index (χ3v) is 4.22. The summed E-state index contributed by atoms with van der Waals surface area (Å²) < 4.78 is 32.8. The molecule has 6 heteroatoms. The highest BCUT2D eigenvalue weighted by atomic mass is 19.1. The molecule has 1 fully saturated rings. The molecule has 1 amide bonds. The van der Waals surface area contributed by atoms with E-state index in [0.717, 1.165) is 37.9 Å². The van der Waals surface area contributed by atoms with E-state index in [1.54, 1.807) is 7.05 Å². The summed E-state index contributed by atoms with van der Waals surface area (Å²) in [4.78, 5) is 15.9. The minimum absolute atomic E-state index is 0.0567. The van der Waals surface area contributed by atoms with Crippen molar-refractivity contribution in [2.45, 2.75) is 25.3 Å². The highest BCUT2D eigenvalue weighted by Gasteiger charge is 2.26. The minimum Gasteiger partial charge on any atom is -0.497 e. The van der Waals surface area contributed by atoms with E-state index in [0.29, 0.717) is 6.54 Å². The standard InChI is InChI=1S/C16H22F2N2O2/c1-19-7-5-4-6-11(19)10-20(2)16(21)15-13(17)8-12(22-3)9-14(15)18/h8-9,11H,4-7,10H2,1-3H3/t11-/m0/s1. The first-order chi connectivity index (χ1) is 10.4. The van der Waals surface area contributed by atoms with Crippen LogP contribution in [0.5, 0.6) is 5.75 Å². The lowest BCUT2D eigenvalue weighted by atomic mass is 10.0. The van der Waals surface area contributed by atoms with E-state index in [-0.39, 0.29) is 11.8 Å². The second-order valence-corrected chi connectivity index (χ2v) is 5.78. The molecule has 1 saturated heterocycles. The normalized spacial score (nSPS) is 19.0. The van der Waals surface area contributed by atoms with Crippen LogP contribution in [-0.4, -0.2) is 56.0 Å². The van der Waals surface area contributed by atoms with Gasteiger partial charge in [0, 0.05) is 31.8 Å². The highest BCUT2D eigenvalue weighted by molar-refractivity contribution is 5.94. The molecule has 0 unspecified atom stereocenters. The largest absolute Gasteiger partial charge is 0.497 e. The number of methoxy groups -OCH3 is 1. The Labute approximate surface area is 129 Å². The van der Waals surface area contributed by atoms with Crippen molar-refractivity contribution in [1.82, 2.24) is 9.80 Å². The number of amides is 1. The van der Waals surface area contributed by atoms with Gasteiger partial charge in [-0.05, 0) is 26.4 Å². The molecule has 0 radical (unpaired) electrons. The molecule has 2 rings (SSSR count). The second-order valence-electron chi connectivity index (χ2n) is 5.78. The summed E-state index contributed by atoms with van der Waals surface area (Å²) in [7, 11) is 4.91. The zero-order valence-electron chi connectivity index (χ0n) is 13.2. The van der Waals surface area contributed by atoms with Crippen LogP contribution in [0.1, 0.15) is 29.6 Å². The molecule has 4 nitrogen and oxygen atoms in total. The number of likely N-dealkylation sites (tertiary alicyclic amines) is 1. The maximum absolute atomic E-state index is 14.0. The Balaban J connectivity index is 2.13. The van der Waals surface area contributed by atoms with Gasteiger partial charge in [0.15, 0.2) is 0 Å². The first-order valence-electron chi connectivity index (χ1n) is 7.42. The van der Waals surface area contributed by atoms with E-state index in [9.17, 15) is 13.6 Å². The van der Waals surface area contributed by atoms with E-state index >= 15 is 0 Å². The number of piperidine rings is 1. The molecule has 0 spiro atoms. The summed E-state index contributed by atoms with van der Waals surface area (Å²) in [6.07, 6.45) is 3.25. The van der Waals surface area contributed by atoms with Crippen molar-refractivity contribution in [3.63, 3.8) is 0 Å². The van der Waals surface area contributed by atoms with Crippen LogP contribution in [0.2, 0.25) is 0 Å². The van der Waals surface area contributed by atoms with Crippen LogP contribution in [0.15, 0.2) is 12.1 Å². The lowest BCUT2D eigenvalue weighted by Crippen LogP contribution is -2.45. The SMILES string of the molecule is COc1cc(F)c(C(=O)N(C)C[C@@H]2CCCCN2C)c(F)c1. The third kappa shape index (κ3) is 3.55. The summed E-state index contributed by atoms with van der Waals surface area (Å²) >= 11 is 0. The minimum atomic E-state index is -0.898. The van der Waals surface area contributed by atoms with Crippen LogP contribution >= 0.6 is 0 Å².